The van der Waals surface area contributed by atoms with Gasteiger partial charge in [0.05, 0.1) is 12.1 Å². The van der Waals surface area contributed by atoms with Gasteiger partial charge in [0.15, 0.2) is 0 Å². The molecule has 10 heteroatoms. The Kier molecular flexibility index (Phi) is 7.61. The van der Waals surface area contributed by atoms with E-state index in [1.54, 1.807) is 40.4 Å². The Morgan fingerprint density at radius 1 is 1.02 bits per heavy atom. The van der Waals surface area contributed by atoms with Crippen molar-refractivity contribution in [1.29, 1.82) is 0 Å². The number of para-hydroxylation sites is 1. The zero-order valence-corrected chi connectivity index (χ0v) is 22.3. The number of benzene rings is 2. The average Bonchev–Trinajstić information content (AvgIpc) is 3.53. The van der Waals surface area contributed by atoms with Crippen molar-refractivity contribution >= 4 is 40.2 Å². The normalized spacial score (nSPS) is 11.1. The Morgan fingerprint density at radius 3 is 2.60 bits per heavy atom. The molecule has 5 rings (SSSR count). The molecule has 5 aromatic rings. The number of nitrogens with two attached hydrogens (primary N) is 1. The molecule has 3 aromatic heterocycles. The molecule has 0 fully saturated rings. The average molecular weight is 539 g/mol. The van der Waals surface area contributed by atoms with E-state index >= 15 is 0 Å². The maximum absolute atomic E-state index is 13.0. The molecule has 1 amide bonds. The quantitative estimate of drug-likeness (QED) is 0.242. The van der Waals surface area contributed by atoms with Crippen molar-refractivity contribution in [2.75, 3.05) is 18.5 Å². The Labute approximate surface area is 230 Å². The van der Waals surface area contributed by atoms with E-state index < -0.39 is 5.97 Å². The van der Waals surface area contributed by atoms with Crippen LogP contribution in [0.2, 0.25) is 0 Å². The minimum atomic E-state index is -0.413. The Hall–Kier alpha value is -4.96. The number of ether oxygens (including phenoxy) is 1. The molecule has 0 saturated carbocycles. The monoisotopic (exact) mass is 538 g/mol. The van der Waals surface area contributed by atoms with Crippen LogP contribution in [0.25, 0.3) is 27.8 Å². The van der Waals surface area contributed by atoms with Crippen LogP contribution in [-0.4, -0.2) is 44.9 Å². The van der Waals surface area contributed by atoms with E-state index in [2.05, 4.69) is 10.6 Å². The van der Waals surface area contributed by atoms with Crippen LogP contribution < -0.4 is 16.4 Å². The molecular formula is C30H30N6O4. The minimum absolute atomic E-state index is 0.0793. The van der Waals surface area contributed by atoms with Crippen molar-refractivity contribution in [3.8, 4) is 11.3 Å². The van der Waals surface area contributed by atoms with Crippen molar-refractivity contribution in [2.24, 2.45) is 5.73 Å². The zero-order valence-electron chi connectivity index (χ0n) is 22.3. The van der Waals surface area contributed by atoms with Crippen molar-refractivity contribution in [2.45, 2.75) is 26.9 Å². The number of aromatic nitrogens is 3. The number of rotatable bonds is 9. The summed E-state index contributed by atoms with van der Waals surface area (Å²) in [5.41, 5.74) is 10.6. The topological polar surface area (TPSA) is 133 Å². The number of imidazole rings is 1. The summed E-state index contributed by atoms with van der Waals surface area (Å²) in [7, 11) is 0. The smallest absolute Gasteiger partial charge is 0.325 e. The molecule has 0 atom stereocenters. The van der Waals surface area contributed by atoms with Gasteiger partial charge in [-0.2, -0.15) is 0 Å². The maximum Gasteiger partial charge on any atom is 0.325 e. The number of pyridine rings is 1. The van der Waals surface area contributed by atoms with Crippen LogP contribution in [-0.2, 0) is 22.6 Å². The summed E-state index contributed by atoms with van der Waals surface area (Å²) in [6.07, 6.45) is 3.47. The van der Waals surface area contributed by atoms with E-state index in [0.717, 1.165) is 22.0 Å². The molecule has 0 radical (unpaired) electrons. The maximum atomic E-state index is 13.0. The summed E-state index contributed by atoms with van der Waals surface area (Å²) >= 11 is 0. The summed E-state index contributed by atoms with van der Waals surface area (Å²) in [6.45, 7) is 4.21. The van der Waals surface area contributed by atoms with Crippen molar-refractivity contribution in [1.82, 2.24) is 19.3 Å². The van der Waals surface area contributed by atoms with Crippen molar-refractivity contribution in [3.05, 3.63) is 89.7 Å². The third kappa shape index (κ3) is 5.29. The summed E-state index contributed by atoms with van der Waals surface area (Å²) in [6, 6.07) is 18.7. The lowest BCUT2D eigenvalue weighted by Crippen LogP contribution is -2.23. The number of amides is 1. The second-order valence-corrected chi connectivity index (χ2v) is 9.27. The molecule has 0 aliphatic rings. The van der Waals surface area contributed by atoms with Gasteiger partial charge >= 0.3 is 5.97 Å². The molecule has 4 N–H and O–H groups in total. The summed E-state index contributed by atoms with van der Waals surface area (Å²) in [5.74, 6) is -0.257. The molecule has 204 valence electrons. The van der Waals surface area contributed by atoms with Gasteiger partial charge in [0.25, 0.3) is 5.91 Å². The van der Waals surface area contributed by atoms with Gasteiger partial charge in [0, 0.05) is 48.9 Å². The van der Waals surface area contributed by atoms with E-state index in [4.69, 9.17) is 15.5 Å². The second-order valence-electron chi connectivity index (χ2n) is 9.27. The van der Waals surface area contributed by atoms with Crippen LogP contribution in [0.4, 0.5) is 5.82 Å². The molecule has 10 nitrogen and oxygen atoms in total. The molecular weight excluding hydrogens is 508 g/mol. The van der Waals surface area contributed by atoms with Gasteiger partial charge in [-0.05, 0) is 36.2 Å². The van der Waals surface area contributed by atoms with Crippen LogP contribution >= 0.6 is 0 Å². The lowest BCUT2D eigenvalue weighted by molar-refractivity contribution is -0.140. The van der Waals surface area contributed by atoms with Crippen LogP contribution in [0.5, 0.6) is 0 Å². The molecule has 0 aliphatic carbocycles. The highest BCUT2D eigenvalue weighted by Gasteiger charge is 2.21. The Morgan fingerprint density at radius 2 is 1.82 bits per heavy atom. The number of nitrogens with one attached hydrogen (secondary N) is 2. The van der Waals surface area contributed by atoms with E-state index in [1.165, 1.54) is 6.92 Å². The van der Waals surface area contributed by atoms with Crippen molar-refractivity contribution in [3.63, 3.8) is 0 Å². The number of carbonyl (C=O) groups is 3. The third-order valence-electron chi connectivity index (χ3n) is 6.58. The number of hydrogen-bond donors (Lipinski definition) is 3. The van der Waals surface area contributed by atoms with Gasteiger partial charge in [-0.3, -0.25) is 23.4 Å². The van der Waals surface area contributed by atoms with Gasteiger partial charge in [-0.15, -0.1) is 0 Å². The summed E-state index contributed by atoms with van der Waals surface area (Å²) < 4.78 is 8.44. The number of anilines is 1. The van der Waals surface area contributed by atoms with Gasteiger partial charge in [-0.25, -0.2) is 4.98 Å². The number of carbonyl (C=O) groups excluding carboxylic acids is 3. The molecule has 0 unspecified atom stereocenters. The lowest BCUT2D eigenvalue weighted by Gasteiger charge is -2.09. The number of nitrogens with zero attached hydrogens (tertiary/aromatic N) is 3. The van der Waals surface area contributed by atoms with Gasteiger partial charge in [-0.1, -0.05) is 42.5 Å². The first-order valence-corrected chi connectivity index (χ1v) is 13.0. The predicted octanol–water partition coefficient (Wildman–Crippen LogP) is 3.98. The van der Waals surface area contributed by atoms with Gasteiger partial charge in [0.1, 0.15) is 23.7 Å². The molecule has 2 aromatic carbocycles. The summed E-state index contributed by atoms with van der Waals surface area (Å²) in [4.78, 5) is 42.4. The summed E-state index contributed by atoms with van der Waals surface area (Å²) in [5, 5.41) is 6.93. The highest BCUT2D eigenvalue weighted by molar-refractivity contribution is 6.03. The fourth-order valence-electron chi connectivity index (χ4n) is 4.69. The zero-order chi connectivity index (χ0) is 28.2. The SMILES string of the molecule is CCOC(=O)CNc1c(-c2cn(C(C)=O)c3ccccc23)nc2cc(C(=O)NCc3cccc(CN)c3)ccn12. The number of fused-ring (bicyclic) bond motifs is 2. The second kappa shape index (κ2) is 11.4. The van der Waals surface area contributed by atoms with E-state index in [0.29, 0.717) is 41.4 Å². The van der Waals surface area contributed by atoms with Crippen LogP contribution in [0.15, 0.2) is 73.1 Å². The fourth-order valence-corrected chi connectivity index (χ4v) is 4.69. The van der Waals surface area contributed by atoms with Crippen LogP contribution in [0, 0.1) is 0 Å². The molecule has 0 aliphatic heterocycles. The highest BCUT2D eigenvalue weighted by atomic mass is 16.5. The first-order chi connectivity index (χ1) is 19.4. The Bertz CT molecular complexity index is 1740. The molecule has 3 heterocycles. The first kappa shape index (κ1) is 26.6. The van der Waals surface area contributed by atoms with Gasteiger partial charge < -0.3 is 21.1 Å². The Balaban J connectivity index is 1.53. The van der Waals surface area contributed by atoms with E-state index in [1.807, 2.05) is 48.5 Å². The van der Waals surface area contributed by atoms with Crippen molar-refractivity contribution < 1.29 is 19.1 Å². The van der Waals surface area contributed by atoms with E-state index in [-0.39, 0.29) is 25.0 Å². The van der Waals surface area contributed by atoms with Crippen LogP contribution in [0.1, 0.15) is 40.1 Å². The molecule has 0 saturated heterocycles. The molecule has 0 spiro atoms. The lowest BCUT2D eigenvalue weighted by atomic mass is 10.1. The van der Waals surface area contributed by atoms with Crippen LogP contribution in [0.3, 0.4) is 0 Å². The highest BCUT2D eigenvalue weighted by Crippen LogP contribution is 2.35. The number of esters is 1. The molecule has 0 bridgehead atoms. The van der Waals surface area contributed by atoms with E-state index in [9.17, 15) is 14.4 Å². The minimum Gasteiger partial charge on any atom is -0.465 e. The third-order valence-corrected chi connectivity index (χ3v) is 6.58. The predicted molar refractivity (Wildman–Crippen MR) is 153 cm³/mol. The number of hydrogen-bond acceptors (Lipinski definition) is 7. The van der Waals surface area contributed by atoms with Gasteiger partial charge in [0.2, 0.25) is 5.91 Å². The fraction of sp³-hybridized carbons (Fsp3) is 0.200. The largest absolute Gasteiger partial charge is 0.465 e. The first-order valence-electron chi connectivity index (χ1n) is 13.0. The standard InChI is InChI=1S/C30H30N6O4/c1-3-40-27(38)17-32-29-28(24-18-36(19(2)37)25-10-5-4-9-23(24)25)34-26-14-22(11-12-35(26)29)30(39)33-16-21-8-6-7-20(13-21)15-31/h4-14,18,32H,3,15-17,31H2,1-2H3,(H,33,39). The molecule has 40 heavy (non-hydrogen) atoms.